The van der Waals surface area contributed by atoms with Crippen LogP contribution in [0.3, 0.4) is 0 Å². The highest BCUT2D eigenvalue weighted by Gasteiger charge is 2.18. The van der Waals surface area contributed by atoms with E-state index >= 15 is 0 Å². The summed E-state index contributed by atoms with van der Waals surface area (Å²) >= 11 is 0. The number of benzene rings is 1. The van der Waals surface area contributed by atoms with Crippen molar-refractivity contribution >= 4 is 18.0 Å². The Labute approximate surface area is 152 Å². The molecule has 6 heteroatoms. The van der Waals surface area contributed by atoms with Gasteiger partial charge in [-0.2, -0.15) is 5.26 Å². The Bertz CT molecular complexity index is 930. The molecule has 0 radical (unpaired) electrons. The average molecular weight is 351 g/mol. The normalized spacial score (nSPS) is 11.0. The first-order valence-electron chi connectivity index (χ1n) is 8.02. The molecule has 0 N–H and O–H groups in total. The maximum Gasteiger partial charge on any atom is 0.339 e. The second-order valence-corrected chi connectivity index (χ2v) is 6.04. The van der Waals surface area contributed by atoms with Gasteiger partial charge in [-0.1, -0.05) is 12.1 Å². The monoisotopic (exact) mass is 351 g/mol. The number of aromatic nitrogens is 1. The van der Waals surface area contributed by atoms with Gasteiger partial charge in [-0.3, -0.25) is 4.79 Å². The third-order valence-electron chi connectivity index (χ3n) is 4.08. The number of hydrogen-bond acceptors (Lipinski definition) is 4. The van der Waals surface area contributed by atoms with Crippen molar-refractivity contribution in [3.63, 3.8) is 0 Å². The van der Waals surface area contributed by atoms with Crippen LogP contribution in [0.1, 0.15) is 27.3 Å². The Hall–Kier alpha value is -3.33. The second kappa shape index (κ2) is 7.70. The second-order valence-electron chi connectivity index (χ2n) is 6.04. The van der Waals surface area contributed by atoms with Gasteiger partial charge in [0, 0.05) is 25.5 Å². The maximum absolute atomic E-state index is 12.1. The van der Waals surface area contributed by atoms with Gasteiger partial charge in [0.05, 0.1) is 18.4 Å². The number of carbonyl (C=O) groups excluding carboxylic acids is 2. The predicted octanol–water partition coefficient (Wildman–Crippen LogP) is 2.88. The molecular weight excluding hydrogens is 330 g/mol. The molecule has 1 aromatic heterocycles. The minimum atomic E-state index is -0.425. The van der Waals surface area contributed by atoms with Gasteiger partial charge in [-0.15, -0.1) is 0 Å². The molecule has 2 aromatic rings. The molecule has 0 bridgehead atoms. The van der Waals surface area contributed by atoms with E-state index in [1.165, 1.54) is 12.0 Å². The van der Waals surface area contributed by atoms with Gasteiger partial charge in [0.2, 0.25) is 0 Å². The highest BCUT2D eigenvalue weighted by molar-refractivity contribution is 6.01. The van der Waals surface area contributed by atoms with E-state index in [2.05, 4.69) is 0 Å². The summed E-state index contributed by atoms with van der Waals surface area (Å²) in [5.74, 6) is -0.780. The van der Waals surface area contributed by atoms with Gasteiger partial charge in [-0.25, -0.2) is 4.79 Å². The Balaban J connectivity index is 2.63. The Morgan fingerprint density at radius 2 is 1.88 bits per heavy atom. The summed E-state index contributed by atoms with van der Waals surface area (Å²) in [6.45, 7) is 3.78. The van der Waals surface area contributed by atoms with E-state index in [1.54, 1.807) is 32.3 Å². The van der Waals surface area contributed by atoms with Crippen molar-refractivity contribution < 1.29 is 14.3 Å². The lowest BCUT2D eigenvalue weighted by atomic mass is 10.1. The van der Waals surface area contributed by atoms with Crippen molar-refractivity contribution in [3.05, 3.63) is 58.4 Å². The van der Waals surface area contributed by atoms with Crippen molar-refractivity contribution in [2.24, 2.45) is 0 Å². The molecule has 0 fully saturated rings. The minimum Gasteiger partial charge on any atom is -0.465 e. The summed E-state index contributed by atoms with van der Waals surface area (Å²) in [6, 6.07) is 11.0. The summed E-state index contributed by atoms with van der Waals surface area (Å²) in [5.41, 5.74) is 3.62. The first-order chi connectivity index (χ1) is 12.3. The molecule has 26 heavy (non-hydrogen) atoms. The van der Waals surface area contributed by atoms with E-state index in [0.29, 0.717) is 11.3 Å². The lowest BCUT2D eigenvalue weighted by molar-refractivity contribution is -0.124. The predicted molar refractivity (Wildman–Crippen MR) is 98.9 cm³/mol. The van der Waals surface area contributed by atoms with Gasteiger partial charge in [-0.05, 0) is 43.7 Å². The zero-order valence-corrected chi connectivity index (χ0v) is 15.5. The molecule has 0 spiro atoms. The number of aryl methyl sites for hydroxylation is 1. The molecule has 0 atom stereocenters. The number of nitrogens with zero attached hydrogens (tertiary/aromatic N) is 3. The molecule has 0 aliphatic rings. The number of para-hydroxylation sites is 1. The number of hydrogen-bond donors (Lipinski definition) is 0. The van der Waals surface area contributed by atoms with Crippen LogP contribution < -0.4 is 0 Å². The van der Waals surface area contributed by atoms with E-state index < -0.39 is 5.97 Å². The number of nitriles is 1. The number of methoxy groups -OCH3 is 1. The Morgan fingerprint density at radius 1 is 1.23 bits per heavy atom. The van der Waals surface area contributed by atoms with Crippen molar-refractivity contribution in [1.82, 2.24) is 9.47 Å². The van der Waals surface area contributed by atoms with Crippen LogP contribution in [-0.4, -0.2) is 42.5 Å². The molecule has 134 valence electrons. The van der Waals surface area contributed by atoms with E-state index in [-0.39, 0.29) is 11.5 Å². The van der Waals surface area contributed by atoms with Crippen LogP contribution in [0.2, 0.25) is 0 Å². The first-order valence-corrected chi connectivity index (χ1v) is 8.02. The number of esters is 1. The number of amides is 1. The summed E-state index contributed by atoms with van der Waals surface area (Å²) in [7, 11) is 4.54. The minimum absolute atomic E-state index is 0.0523. The summed E-state index contributed by atoms with van der Waals surface area (Å²) in [4.78, 5) is 25.5. The smallest absolute Gasteiger partial charge is 0.339 e. The average Bonchev–Trinajstić information content (AvgIpc) is 2.91. The molecular formula is C20H21N3O3. The third kappa shape index (κ3) is 3.52. The Morgan fingerprint density at radius 3 is 2.46 bits per heavy atom. The number of carbonyl (C=O) groups is 2. The lowest BCUT2D eigenvalue weighted by Crippen LogP contribution is -2.22. The number of rotatable bonds is 4. The van der Waals surface area contributed by atoms with Crippen LogP contribution in [0.5, 0.6) is 0 Å². The van der Waals surface area contributed by atoms with Crippen LogP contribution in [-0.2, 0) is 9.53 Å². The highest BCUT2D eigenvalue weighted by atomic mass is 16.5. The molecule has 1 amide bonds. The van der Waals surface area contributed by atoms with Crippen LogP contribution in [0.25, 0.3) is 11.8 Å². The van der Waals surface area contributed by atoms with E-state index in [1.807, 2.05) is 42.7 Å². The largest absolute Gasteiger partial charge is 0.465 e. The van der Waals surface area contributed by atoms with Crippen LogP contribution >= 0.6 is 0 Å². The zero-order chi connectivity index (χ0) is 19.4. The first kappa shape index (κ1) is 19.0. The molecule has 0 aliphatic carbocycles. The molecule has 0 unspecified atom stereocenters. The van der Waals surface area contributed by atoms with Crippen molar-refractivity contribution in [3.8, 4) is 11.8 Å². The topological polar surface area (TPSA) is 75.3 Å². The molecule has 1 aromatic carbocycles. The highest BCUT2D eigenvalue weighted by Crippen LogP contribution is 2.25. The van der Waals surface area contributed by atoms with Crippen molar-refractivity contribution in [2.45, 2.75) is 13.8 Å². The maximum atomic E-state index is 12.1. The van der Waals surface area contributed by atoms with E-state index in [4.69, 9.17) is 4.74 Å². The SMILES string of the molecule is COC(=O)c1ccccc1-n1c(C)cc(/C=C(/C#N)C(=O)N(C)C)c1C. The molecule has 6 nitrogen and oxygen atoms in total. The van der Waals surface area contributed by atoms with Crippen molar-refractivity contribution in [1.29, 1.82) is 5.26 Å². The summed E-state index contributed by atoms with van der Waals surface area (Å²) in [6.07, 6.45) is 1.57. The van der Waals surface area contributed by atoms with Gasteiger partial charge < -0.3 is 14.2 Å². The van der Waals surface area contributed by atoms with Crippen LogP contribution in [0, 0.1) is 25.2 Å². The summed E-state index contributed by atoms with van der Waals surface area (Å²) in [5, 5.41) is 9.31. The fourth-order valence-corrected chi connectivity index (χ4v) is 2.79. The standard InChI is InChI=1S/C20H21N3O3/c1-13-10-15(11-16(12-21)19(24)22(3)4)14(2)23(13)18-9-7-6-8-17(18)20(25)26-5/h6-11H,1-5H3/b16-11-. The van der Waals surface area contributed by atoms with E-state index in [9.17, 15) is 14.9 Å². The van der Waals surface area contributed by atoms with Gasteiger partial charge in [0.15, 0.2) is 0 Å². The molecule has 0 aliphatic heterocycles. The van der Waals surface area contributed by atoms with E-state index in [0.717, 1.165) is 17.0 Å². The zero-order valence-electron chi connectivity index (χ0n) is 15.5. The van der Waals surface area contributed by atoms with Gasteiger partial charge >= 0.3 is 5.97 Å². The fourth-order valence-electron chi connectivity index (χ4n) is 2.79. The summed E-state index contributed by atoms with van der Waals surface area (Å²) < 4.78 is 6.78. The van der Waals surface area contributed by atoms with Crippen LogP contribution in [0.15, 0.2) is 35.9 Å². The van der Waals surface area contributed by atoms with Gasteiger partial charge in [0.25, 0.3) is 5.91 Å². The van der Waals surface area contributed by atoms with Crippen LogP contribution in [0.4, 0.5) is 0 Å². The fraction of sp³-hybridized carbons (Fsp3) is 0.250. The molecule has 0 saturated carbocycles. The third-order valence-corrected chi connectivity index (χ3v) is 4.08. The molecule has 1 heterocycles. The quantitative estimate of drug-likeness (QED) is 0.482. The molecule has 0 saturated heterocycles. The lowest BCUT2D eigenvalue weighted by Gasteiger charge is -2.13. The Kier molecular flexibility index (Phi) is 5.63. The molecule has 2 rings (SSSR count). The van der Waals surface area contributed by atoms with Gasteiger partial charge in [0.1, 0.15) is 11.6 Å². The van der Waals surface area contributed by atoms with Crippen molar-refractivity contribution in [2.75, 3.05) is 21.2 Å². The number of ether oxygens (including phenoxy) is 1. The number of likely N-dealkylation sites (N-methyl/N-ethyl adjacent to an activating group) is 1.